The monoisotopic (exact) mass is 339 g/mol. The molecule has 128 valence electrons. The molecule has 0 aromatic carbocycles. The Bertz CT molecular complexity index is 381. The number of hydrogen-bond acceptors (Lipinski definition) is 6. The van der Waals surface area contributed by atoms with Crippen LogP contribution in [0, 0.1) is 23.7 Å². The lowest BCUT2D eigenvalue weighted by Crippen LogP contribution is -2.56. The lowest BCUT2D eigenvalue weighted by Gasteiger charge is -2.59. The van der Waals surface area contributed by atoms with Crippen molar-refractivity contribution in [1.82, 2.24) is 0 Å². The van der Waals surface area contributed by atoms with E-state index in [1.807, 2.05) is 0 Å². The maximum atomic E-state index is 13.3. The highest BCUT2D eigenvalue weighted by Crippen LogP contribution is 2.59. The average molecular weight is 339 g/mol. The summed E-state index contributed by atoms with van der Waals surface area (Å²) in [6.45, 7) is -0.452. The molecule has 4 saturated carbocycles. The zero-order valence-electron chi connectivity index (χ0n) is 12.5. The van der Waals surface area contributed by atoms with E-state index in [0.717, 1.165) is 32.1 Å². The van der Waals surface area contributed by atoms with Gasteiger partial charge in [0.2, 0.25) is 0 Å². The predicted molar refractivity (Wildman–Crippen MR) is 72.3 cm³/mol. The van der Waals surface area contributed by atoms with Gasteiger partial charge in [0.25, 0.3) is 0 Å². The van der Waals surface area contributed by atoms with E-state index in [4.69, 9.17) is 9.47 Å². The Morgan fingerprint density at radius 3 is 2.50 bits per heavy atom. The van der Waals surface area contributed by atoms with Gasteiger partial charge in [-0.05, 0) is 55.8 Å². The topological polar surface area (TPSA) is 60.0 Å². The Labute approximate surface area is 132 Å². The molecule has 0 aliphatic heterocycles. The molecule has 0 spiro atoms. The van der Waals surface area contributed by atoms with Crippen LogP contribution in [0.2, 0.25) is 0 Å². The summed E-state index contributed by atoms with van der Waals surface area (Å²) in [5.74, 6) is 2.06. The molecule has 0 N–H and O–H groups in total. The second-order valence-corrected chi connectivity index (χ2v) is 7.79. The van der Waals surface area contributed by atoms with E-state index in [-0.39, 0.29) is 17.6 Å². The molecule has 4 rings (SSSR count). The lowest BCUT2D eigenvalue weighted by atomic mass is 9.50. The van der Waals surface area contributed by atoms with Crippen LogP contribution in [-0.2, 0) is 18.8 Å². The van der Waals surface area contributed by atoms with Gasteiger partial charge in [0, 0.05) is 7.11 Å². The zero-order chi connectivity index (χ0) is 15.8. The fourth-order valence-corrected chi connectivity index (χ4v) is 5.24. The van der Waals surface area contributed by atoms with Crippen molar-refractivity contribution in [3.8, 4) is 0 Å². The SMILES string of the molecule is COC12CC3CC(C1)C(COCC(F)(F)SOO[O-])C(C3)C2. The van der Waals surface area contributed by atoms with Gasteiger partial charge in [-0.15, -0.1) is 0 Å². The third-order valence-corrected chi connectivity index (χ3v) is 6.09. The van der Waals surface area contributed by atoms with Crippen LogP contribution >= 0.6 is 12.0 Å². The summed E-state index contributed by atoms with van der Waals surface area (Å²) in [6, 6.07) is 0. The second-order valence-electron chi connectivity index (χ2n) is 6.89. The van der Waals surface area contributed by atoms with Crippen molar-refractivity contribution in [2.24, 2.45) is 23.7 Å². The fourth-order valence-electron chi connectivity index (χ4n) is 4.98. The van der Waals surface area contributed by atoms with Crippen LogP contribution in [0.1, 0.15) is 32.1 Å². The molecule has 4 aliphatic rings. The summed E-state index contributed by atoms with van der Waals surface area (Å²) in [5, 5.41) is 9.25. The minimum absolute atomic E-state index is 0.0199. The first-order chi connectivity index (χ1) is 10.5. The Morgan fingerprint density at radius 2 is 1.91 bits per heavy atom. The fraction of sp³-hybridized carbons (Fsp3) is 1.00. The van der Waals surface area contributed by atoms with Gasteiger partial charge in [-0.25, -0.2) is 0 Å². The Balaban J connectivity index is 1.50. The highest BCUT2D eigenvalue weighted by atomic mass is 32.2. The van der Waals surface area contributed by atoms with Gasteiger partial charge in [0.15, 0.2) is 0 Å². The van der Waals surface area contributed by atoms with Crippen LogP contribution in [0.3, 0.4) is 0 Å². The smallest absolute Gasteiger partial charge is 0.343 e. The molecule has 0 aromatic heterocycles. The van der Waals surface area contributed by atoms with Gasteiger partial charge in [0.1, 0.15) is 18.6 Å². The number of rotatable bonds is 8. The molecule has 4 bridgehead atoms. The van der Waals surface area contributed by atoms with Crippen LogP contribution < -0.4 is 5.26 Å². The highest BCUT2D eigenvalue weighted by molar-refractivity contribution is 7.95. The summed E-state index contributed by atoms with van der Waals surface area (Å²) in [6.07, 6.45) is 5.50. The number of alkyl halides is 2. The quantitative estimate of drug-likeness (QED) is 0.384. The number of ether oxygens (including phenoxy) is 2. The Hall–Kier alpha value is 0.01000. The largest absolute Gasteiger partial charge is 0.691 e. The number of methoxy groups -OCH3 is 1. The summed E-state index contributed by atoms with van der Waals surface area (Å²) < 4.78 is 41.3. The summed E-state index contributed by atoms with van der Waals surface area (Å²) in [4.78, 5) is 0. The molecule has 5 nitrogen and oxygen atoms in total. The second kappa shape index (κ2) is 6.49. The first-order valence-electron chi connectivity index (χ1n) is 7.62. The van der Waals surface area contributed by atoms with Crippen LogP contribution in [0.5, 0.6) is 0 Å². The van der Waals surface area contributed by atoms with E-state index in [1.165, 1.54) is 0 Å². The summed E-state index contributed by atoms with van der Waals surface area (Å²) in [5.41, 5.74) is 0.0199. The first-order valence-corrected chi connectivity index (χ1v) is 8.36. The molecule has 0 amide bonds. The normalized spacial score (nSPS) is 40.4. The molecule has 2 atom stereocenters. The molecule has 0 heterocycles. The predicted octanol–water partition coefficient (Wildman–Crippen LogP) is 2.31. The third-order valence-electron chi connectivity index (χ3n) is 5.61. The maximum Gasteiger partial charge on any atom is 0.343 e. The molecule has 4 aliphatic carbocycles. The molecule has 0 radical (unpaired) electrons. The minimum atomic E-state index is -3.29. The van der Waals surface area contributed by atoms with E-state index in [2.05, 4.69) is 9.37 Å². The van der Waals surface area contributed by atoms with Gasteiger partial charge < -0.3 is 14.7 Å². The Morgan fingerprint density at radius 1 is 1.23 bits per heavy atom. The van der Waals surface area contributed by atoms with Crippen molar-refractivity contribution in [2.45, 2.75) is 43.0 Å². The van der Waals surface area contributed by atoms with E-state index >= 15 is 0 Å². The van der Waals surface area contributed by atoms with Crippen molar-refractivity contribution in [3.05, 3.63) is 0 Å². The van der Waals surface area contributed by atoms with Crippen molar-refractivity contribution < 1.29 is 32.9 Å². The van der Waals surface area contributed by atoms with Gasteiger partial charge >= 0.3 is 5.25 Å². The Kier molecular flexibility index (Phi) is 4.97. The van der Waals surface area contributed by atoms with E-state index in [9.17, 15) is 14.0 Å². The molecule has 2 unspecified atom stereocenters. The van der Waals surface area contributed by atoms with Crippen LogP contribution in [0.25, 0.3) is 0 Å². The van der Waals surface area contributed by atoms with E-state index in [0.29, 0.717) is 30.3 Å². The average Bonchev–Trinajstić information content (AvgIpc) is 2.47. The molecule has 8 heteroatoms. The molecule has 4 fully saturated rings. The van der Waals surface area contributed by atoms with Crippen molar-refractivity contribution in [3.63, 3.8) is 0 Å². The molecular formula is C14H21F2O5S-. The zero-order valence-corrected chi connectivity index (χ0v) is 13.3. The lowest BCUT2D eigenvalue weighted by molar-refractivity contribution is -0.777. The third kappa shape index (κ3) is 3.42. The molecule has 0 saturated heterocycles. The van der Waals surface area contributed by atoms with Crippen LogP contribution in [0.15, 0.2) is 0 Å². The number of hydrogen-bond donors (Lipinski definition) is 0. The van der Waals surface area contributed by atoms with Gasteiger partial charge in [0.05, 0.1) is 12.2 Å². The van der Waals surface area contributed by atoms with Crippen molar-refractivity contribution in [2.75, 3.05) is 20.3 Å². The molecular weight excluding hydrogens is 318 g/mol. The molecule has 22 heavy (non-hydrogen) atoms. The van der Waals surface area contributed by atoms with Crippen LogP contribution in [-0.4, -0.2) is 31.2 Å². The summed E-state index contributed by atoms with van der Waals surface area (Å²) in [7, 11) is 1.79. The van der Waals surface area contributed by atoms with Gasteiger partial charge in [-0.1, -0.05) is 0 Å². The van der Waals surface area contributed by atoms with Crippen molar-refractivity contribution in [1.29, 1.82) is 0 Å². The first kappa shape index (κ1) is 16.9. The standard InChI is InChI=1S/C14H22F2O5S/c1-18-13-4-9-2-10(5-13)12(11(3-9)6-13)7-19-8-14(15,16)22-21-20-17/h9-12,17H,2-8H2,1H3/p-1. The molecule has 0 aromatic rings. The van der Waals surface area contributed by atoms with E-state index in [1.54, 1.807) is 7.11 Å². The van der Waals surface area contributed by atoms with Gasteiger partial charge in [-0.2, -0.15) is 13.1 Å². The number of halogens is 2. The maximum absolute atomic E-state index is 13.3. The minimum Gasteiger partial charge on any atom is -0.691 e. The highest BCUT2D eigenvalue weighted by Gasteiger charge is 2.55. The van der Waals surface area contributed by atoms with E-state index < -0.39 is 11.9 Å². The summed E-state index contributed by atoms with van der Waals surface area (Å²) >= 11 is -0.316. The van der Waals surface area contributed by atoms with Crippen molar-refractivity contribution >= 4 is 12.0 Å². The van der Waals surface area contributed by atoms with Crippen LogP contribution in [0.4, 0.5) is 8.78 Å². The van der Waals surface area contributed by atoms with Gasteiger partial charge in [-0.3, -0.25) is 5.04 Å².